The van der Waals surface area contributed by atoms with Crippen molar-refractivity contribution in [2.75, 3.05) is 5.32 Å². The molecule has 3 aromatic rings. The molecule has 0 unspecified atom stereocenters. The number of halogens is 1. The summed E-state index contributed by atoms with van der Waals surface area (Å²) in [6.07, 6.45) is 0. The maximum Gasteiger partial charge on any atom is 0.188 e. The molecule has 0 saturated heterocycles. The molecular weight excluding hydrogens is 259 g/mol. The molecule has 96 valence electrons. The van der Waals surface area contributed by atoms with Gasteiger partial charge in [0.1, 0.15) is 5.82 Å². The SMILES string of the molecule is Cc1ccc(F)c(Nc2nc3c(C)cccc3s2)c1. The maximum atomic E-state index is 13.7. The van der Waals surface area contributed by atoms with Crippen molar-refractivity contribution in [2.24, 2.45) is 0 Å². The third-order valence-corrected chi connectivity index (χ3v) is 3.92. The van der Waals surface area contributed by atoms with Crippen LogP contribution in [0.25, 0.3) is 10.2 Å². The van der Waals surface area contributed by atoms with Crippen LogP contribution in [0.5, 0.6) is 0 Å². The van der Waals surface area contributed by atoms with E-state index in [1.54, 1.807) is 12.1 Å². The van der Waals surface area contributed by atoms with Gasteiger partial charge in [-0.25, -0.2) is 9.37 Å². The molecule has 0 bridgehead atoms. The highest BCUT2D eigenvalue weighted by molar-refractivity contribution is 7.22. The van der Waals surface area contributed by atoms with Crippen LogP contribution in [0.2, 0.25) is 0 Å². The van der Waals surface area contributed by atoms with Crippen LogP contribution in [0, 0.1) is 19.7 Å². The average molecular weight is 272 g/mol. The first kappa shape index (κ1) is 12.1. The number of thiazole rings is 1. The molecule has 2 aromatic carbocycles. The van der Waals surface area contributed by atoms with Crippen molar-refractivity contribution in [3.05, 3.63) is 53.3 Å². The Morgan fingerprint density at radius 2 is 2.00 bits per heavy atom. The van der Waals surface area contributed by atoms with E-state index in [4.69, 9.17) is 0 Å². The van der Waals surface area contributed by atoms with Gasteiger partial charge in [-0.3, -0.25) is 0 Å². The second-order valence-corrected chi connectivity index (χ2v) is 5.58. The summed E-state index contributed by atoms with van der Waals surface area (Å²) < 4.78 is 14.8. The van der Waals surface area contributed by atoms with Gasteiger partial charge in [0.05, 0.1) is 15.9 Å². The van der Waals surface area contributed by atoms with E-state index < -0.39 is 0 Å². The Morgan fingerprint density at radius 1 is 1.16 bits per heavy atom. The van der Waals surface area contributed by atoms with Gasteiger partial charge in [0.25, 0.3) is 0 Å². The molecule has 19 heavy (non-hydrogen) atoms. The number of nitrogens with one attached hydrogen (secondary N) is 1. The first-order chi connectivity index (χ1) is 9.13. The van der Waals surface area contributed by atoms with Gasteiger partial charge in [-0.05, 0) is 43.2 Å². The van der Waals surface area contributed by atoms with E-state index in [1.807, 2.05) is 32.0 Å². The van der Waals surface area contributed by atoms with Crippen molar-refractivity contribution in [1.29, 1.82) is 0 Å². The van der Waals surface area contributed by atoms with Gasteiger partial charge in [0.2, 0.25) is 0 Å². The Hall–Kier alpha value is -1.94. The largest absolute Gasteiger partial charge is 0.329 e. The van der Waals surface area contributed by atoms with Crippen LogP contribution >= 0.6 is 11.3 Å². The summed E-state index contributed by atoms with van der Waals surface area (Å²) >= 11 is 1.53. The van der Waals surface area contributed by atoms with Gasteiger partial charge in [-0.2, -0.15) is 0 Å². The number of anilines is 2. The number of rotatable bonds is 2. The highest BCUT2D eigenvalue weighted by Crippen LogP contribution is 2.30. The lowest BCUT2D eigenvalue weighted by Crippen LogP contribution is -1.93. The summed E-state index contributed by atoms with van der Waals surface area (Å²) in [5.41, 5.74) is 3.59. The number of para-hydroxylation sites is 1. The fourth-order valence-electron chi connectivity index (χ4n) is 1.99. The first-order valence-corrected chi connectivity index (χ1v) is 6.84. The lowest BCUT2D eigenvalue weighted by atomic mass is 10.2. The minimum atomic E-state index is -0.262. The Labute approximate surface area is 114 Å². The molecule has 0 aliphatic carbocycles. The van der Waals surface area contributed by atoms with Crippen molar-refractivity contribution < 1.29 is 4.39 Å². The number of hydrogen-bond donors (Lipinski definition) is 1. The third kappa shape index (κ3) is 2.31. The molecule has 0 atom stereocenters. The van der Waals surface area contributed by atoms with E-state index >= 15 is 0 Å². The van der Waals surface area contributed by atoms with Gasteiger partial charge >= 0.3 is 0 Å². The Balaban J connectivity index is 2.01. The van der Waals surface area contributed by atoms with Crippen LogP contribution in [-0.4, -0.2) is 4.98 Å². The smallest absolute Gasteiger partial charge is 0.188 e. The van der Waals surface area contributed by atoms with Crippen molar-refractivity contribution in [1.82, 2.24) is 4.98 Å². The fraction of sp³-hybridized carbons (Fsp3) is 0.133. The van der Waals surface area contributed by atoms with E-state index in [0.29, 0.717) is 10.8 Å². The summed E-state index contributed by atoms with van der Waals surface area (Å²) in [7, 11) is 0. The van der Waals surface area contributed by atoms with Crippen LogP contribution in [0.3, 0.4) is 0 Å². The molecule has 0 saturated carbocycles. The molecule has 3 rings (SSSR count). The molecule has 1 heterocycles. The quantitative estimate of drug-likeness (QED) is 0.725. The second kappa shape index (κ2) is 4.63. The van der Waals surface area contributed by atoms with Gasteiger partial charge in [0.15, 0.2) is 5.13 Å². The number of benzene rings is 2. The van der Waals surface area contributed by atoms with Crippen LogP contribution < -0.4 is 5.32 Å². The maximum absolute atomic E-state index is 13.7. The summed E-state index contributed by atoms with van der Waals surface area (Å²) in [5, 5.41) is 3.78. The van der Waals surface area contributed by atoms with Crippen LogP contribution in [0.4, 0.5) is 15.2 Å². The molecule has 4 heteroatoms. The Morgan fingerprint density at radius 3 is 2.79 bits per heavy atom. The van der Waals surface area contributed by atoms with Crippen molar-refractivity contribution in [3.63, 3.8) is 0 Å². The van der Waals surface area contributed by atoms with Crippen LogP contribution in [0.1, 0.15) is 11.1 Å². The van der Waals surface area contributed by atoms with Crippen molar-refractivity contribution in [3.8, 4) is 0 Å². The number of hydrogen-bond acceptors (Lipinski definition) is 3. The normalized spacial score (nSPS) is 10.9. The highest BCUT2D eigenvalue weighted by atomic mass is 32.1. The predicted octanol–water partition coefficient (Wildman–Crippen LogP) is 4.80. The third-order valence-electron chi connectivity index (χ3n) is 2.98. The van der Waals surface area contributed by atoms with Gasteiger partial charge < -0.3 is 5.32 Å². The van der Waals surface area contributed by atoms with E-state index in [0.717, 1.165) is 21.3 Å². The second-order valence-electron chi connectivity index (χ2n) is 4.55. The summed E-state index contributed by atoms with van der Waals surface area (Å²) in [5.74, 6) is -0.262. The zero-order valence-corrected chi connectivity index (χ0v) is 11.5. The number of nitrogens with zero attached hydrogens (tertiary/aromatic N) is 1. The van der Waals surface area contributed by atoms with Crippen molar-refractivity contribution >= 4 is 32.4 Å². The topological polar surface area (TPSA) is 24.9 Å². The van der Waals surface area contributed by atoms with Crippen LogP contribution in [0.15, 0.2) is 36.4 Å². The lowest BCUT2D eigenvalue weighted by molar-refractivity contribution is 0.631. The molecule has 0 spiro atoms. The lowest BCUT2D eigenvalue weighted by Gasteiger charge is -2.04. The minimum Gasteiger partial charge on any atom is -0.329 e. The molecular formula is C15H13FN2S. The standard InChI is InChI=1S/C15H13FN2S/c1-9-6-7-11(16)12(8-9)17-15-18-14-10(2)4-3-5-13(14)19-15/h3-8H,1-2H3,(H,17,18). The zero-order chi connectivity index (χ0) is 13.4. The van der Waals surface area contributed by atoms with E-state index in [9.17, 15) is 4.39 Å². The molecule has 2 nitrogen and oxygen atoms in total. The van der Waals surface area contributed by atoms with E-state index in [-0.39, 0.29) is 5.82 Å². The monoisotopic (exact) mass is 272 g/mol. The molecule has 1 aromatic heterocycles. The number of aryl methyl sites for hydroxylation is 2. The van der Waals surface area contributed by atoms with Gasteiger partial charge in [-0.15, -0.1) is 0 Å². The number of aromatic nitrogens is 1. The highest BCUT2D eigenvalue weighted by Gasteiger charge is 2.08. The Bertz CT molecular complexity index is 749. The summed E-state index contributed by atoms with van der Waals surface area (Å²) in [6, 6.07) is 11.1. The van der Waals surface area contributed by atoms with Crippen LogP contribution in [-0.2, 0) is 0 Å². The van der Waals surface area contributed by atoms with Gasteiger partial charge in [-0.1, -0.05) is 29.5 Å². The predicted molar refractivity (Wildman–Crippen MR) is 78.8 cm³/mol. The molecule has 0 fully saturated rings. The van der Waals surface area contributed by atoms with Gasteiger partial charge in [0, 0.05) is 0 Å². The van der Waals surface area contributed by atoms with E-state index in [1.165, 1.54) is 17.4 Å². The molecule has 0 aliphatic rings. The summed E-state index contributed by atoms with van der Waals surface area (Å²) in [4.78, 5) is 4.52. The molecule has 1 N–H and O–H groups in total. The average Bonchev–Trinajstić information content (AvgIpc) is 2.78. The molecule has 0 radical (unpaired) electrons. The van der Waals surface area contributed by atoms with E-state index in [2.05, 4.69) is 10.3 Å². The molecule has 0 amide bonds. The minimum absolute atomic E-state index is 0.262. The number of fused-ring (bicyclic) bond motifs is 1. The molecule has 0 aliphatic heterocycles. The Kier molecular flexibility index (Phi) is 2.95. The first-order valence-electron chi connectivity index (χ1n) is 6.03. The van der Waals surface area contributed by atoms with Crippen molar-refractivity contribution in [2.45, 2.75) is 13.8 Å². The fourth-order valence-corrected chi connectivity index (χ4v) is 2.95. The summed E-state index contributed by atoms with van der Waals surface area (Å²) in [6.45, 7) is 3.96. The zero-order valence-electron chi connectivity index (χ0n) is 10.7.